The van der Waals surface area contributed by atoms with E-state index < -0.39 is 12.1 Å². The Kier molecular flexibility index (Phi) is 4.52. The highest BCUT2D eigenvalue weighted by Crippen LogP contribution is 2.23. The first-order valence-electron chi connectivity index (χ1n) is 8.88. The van der Waals surface area contributed by atoms with E-state index in [0.29, 0.717) is 12.2 Å². The molecule has 144 valence electrons. The summed E-state index contributed by atoms with van der Waals surface area (Å²) in [5, 5.41) is 19.4. The molecule has 9 nitrogen and oxygen atoms in total. The van der Waals surface area contributed by atoms with Gasteiger partial charge >= 0.3 is 5.97 Å². The summed E-state index contributed by atoms with van der Waals surface area (Å²) in [6, 6.07) is 7.62. The average Bonchev–Trinajstić information content (AvgIpc) is 3.07. The fraction of sp³-hybridized carbons (Fsp3) is 0.316. The molecule has 1 aliphatic heterocycles. The van der Waals surface area contributed by atoms with Gasteiger partial charge in [0.05, 0.1) is 24.0 Å². The maximum absolute atomic E-state index is 13.0. The lowest BCUT2D eigenvalue weighted by atomic mass is 10.1. The summed E-state index contributed by atoms with van der Waals surface area (Å²) in [4.78, 5) is 29.9. The molecule has 1 saturated heterocycles. The van der Waals surface area contributed by atoms with Crippen LogP contribution in [0.15, 0.2) is 36.7 Å². The van der Waals surface area contributed by atoms with Crippen LogP contribution >= 0.6 is 0 Å². The van der Waals surface area contributed by atoms with Gasteiger partial charge in [-0.3, -0.25) is 9.78 Å². The van der Waals surface area contributed by atoms with Crippen molar-refractivity contribution in [3.8, 4) is 5.69 Å². The number of fused-ring (bicyclic) bond motifs is 1. The highest BCUT2D eigenvalue weighted by atomic mass is 16.5. The van der Waals surface area contributed by atoms with Crippen molar-refractivity contribution in [1.29, 1.82) is 0 Å². The molecule has 0 bridgehead atoms. The molecule has 3 aromatic rings. The largest absolute Gasteiger partial charge is 0.479 e. The van der Waals surface area contributed by atoms with Gasteiger partial charge in [-0.1, -0.05) is 17.3 Å². The third-order valence-corrected chi connectivity index (χ3v) is 4.81. The molecule has 3 heterocycles. The topological polar surface area (TPSA) is 110 Å². The number of aromatic nitrogens is 4. The van der Waals surface area contributed by atoms with Crippen LogP contribution in [-0.4, -0.2) is 67.2 Å². The van der Waals surface area contributed by atoms with Crippen LogP contribution < -0.4 is 0 Å². The molecule has 0 aliphatic carbocycles. The second kappa shape index (κ2) is 7.01. The van der Waals surface area contributed by atoms with Crippen molar-refractivity contribution < 1.29 is 19.4 Å². The molecule has 28 heavy (non-hydrogen) atoms. The standard InChI is InChI=1S/C19H19N5O4/c1-11-9-23(10-16(28-11)19(26)27)18(25)17-12(2)24(22-21-17)15-5-3-4-13-8-20-7-6-14(13)15/h3-8,11,16H,9-10H2,1-2H3,(H,26,27)/t11-,16?/m1/s1. The van der Waals surface area contributed by atoms with Gasteiger partial charge in [-0.2, -0.15) is 0 Å². The number of carboxylic acids is 1. The van der Waals surface area contributed by atoms with E-state index in [1.807, 2.05) is 24.3 Å². The maximum Gasteiger partial charge on any atom is 0.334 e. The van der Waals surface area contributed by atoms with Crippen LogP contribution in [0.25, 0.3) is 16.5 Å². The van der Waals surface area contributed by atoms with Gasteiger partial charge in [0, 0.05) is 29.7 Å². The first-order chi connectivity index (χ1) is 13.5. The molecule has 1 fully saturated rings. The molecule has 1 aromatic carbocycles. The number of benzene rings is 1. The Balaban J connectivity index is 1.68. The van der Waals surface area contributed by atoms with Crippen molar-refractivity contribution >= 4 is 22.6 Å². The molecule has 0 saturated carbocycles. The summed E-state index contributed by atoms with van der Waals surface area (Å²) in [6.07, 6.45) is 2.04. The molecule has 1 unspecified atom stereocenters. The number of pyridine rings is 1. The molecule has 4 rings (SSSR count). The molecule has 1 N–H and O–H groups in total. The summed E-state index contributed by atoms with van der Waals surface area (Å²) in [7, 11) is 0. The summed E-state index contributed by atoms with van der Waals surface area (Å²) in [6.45, 7) is 3.79. The van der Waals surface area contributed by atoms with Crippen molar-refractivity contribution in [2.24, 2.45) is 0 Å². The highest BCUT2D eigenvalue weighted by Gasteiger charge is 2.34. The quantitative estimate of drug-likeness (QED) is 0.731. The Morgan fingerprint density at radius 2 is 2.07 bits per heavy atom. The van der Waals surface area contributed by atoms with E-state index in [0.717, 1.165) is 16.5 Å². The van der Waals surface area contributed by atoms with E-state index in [1.54, 1.807) is 30.9 Å². The van der Waals surface area contributed by atoms with E-state index in [4.69, 9.17) is 4.74 Å². The van der Waals surface area contributed by atoms with Gasteiger partial charge in [-0.15, -0.1) is 5.10 Å². The number of hydrogen-bond acceptors (Lipinski definition) is 6. The van der Waals surface area contributed by atoms with Crippen LogP contribution in [-0.2, 0) is 9.53 Å². The van der Waals surface area contributed by atoms with E-state index in [2.05, 4.69) is 15.3 Å². The van der Waals surface area contributed by atoms with E-state index >= 15 is 0 Å². The first kappa shape index (κ1) is 18.1. The van der Waals surface area contributed by atoms with Crippen LogP contribution in [0.3, 0.4) is 0 Å². The molecule has 9 heteroatoms. The van der Waals surface area contributed by atoms with Gasteiger partial charge in [0.15, 0.2) is 11.8 Å². The van der Waals surface area contributed by atoms with Gasteiger partial charge in [0.25, 0.3) is 5.91 Å². The normalized spacial score (nSPS) is 19.7. The predicted molar refractivity (Wildman–Crippen MR) is 99.3 cm³/mol. The van der Waals surface area contributed by atoms with E-state index in [-0.39, 0.29) is 24.2 Å². The Morgan fingerprint density at radius 1 is 1.25 bits per heavy atom. The Bertz CT molecular complexity index is 1060. The number of ether oxygens (including phenoxy) is 1. The number of nitrogens with zero attached hydrogens (tertiary/aromatic N) is 5. The van der Waals surface area contributed by atoms with Gasteiger partial charge < -0.3 is 14.7 Å². The summed E-state index contributed by atoms with van der Waals surface area (Å²) >= 11 is 0. The van der Waals surface area contributed by atoms with Crippen molar-refractivity contribution in [3.63, 3.8) is 0 Å². The molecular formula is C19H19N5O4. The molecule has 1 aliphatic rings. The molecule has 0 spiro atoms. The number of amides is 1. The molecule has 0 radical (unpaired) electrons. The summed E-state index contributed by atoms with van der Waals surface area (Å²) < 4.78 is 7.00. The second-order valence-electron chi connectivity index (χ2n) is 6.79. The molecule has 2 aromatic heterocycles. The predicted octanol–water partition coefficient (Wildman–Crippen LogP) is 1.44. The van der Waals surface area contributed by atoms with E-state index in [1.165, 1.54) is 4.90 Å². The molecule has 2 atom stereocenters. The minimum Gasteiger partial charge on any atom is -0.479 e. The Morgan fingerprint density at radius 3 is 2.86 bits per heavy atom. The maximum atomic E-state index is 13.0. The monoisotopic (exact) mass is 381 g/mol. The SMILES string of the molecule is Cc1c(C(=O)N2CC(C(=O)O)O[C@H](C)C2)nnn1-c1cccc2cnccc12. The fourth-order valence-corrected chi connectivity index (χ4v) is 3.45. The Labute approximate surface area is 160 Å². The number of hydrogen-bond donors (Lipinski definition) is 1. The number of rotatable bonds is 3. The average molecular weight is 381 g/mol. The van der Waals surface area contributed by atoms with Crippen molar-refractivity contribution in [1.82, 2.24) is 24.9 Å². The minimum absolute atomic E-state index is 0.0231. The zero-order chi connectivity index (χ0) is 19.8. The zero-order valence-electron chi connectivity index (χ0n) is 15.4. The number of carboxylic acid groups (broad SMARTS) is 1. The molecular weight excluding hydrogens is 362 g/mol. The van der Waals surface area contributed by atoms with Crippen LogP contribution in [0.1, 0.15) is 23.1 Å². The fourth-order valence-electron chi connectivity index (χ4n) is 3.45. The van der Waals surface area contributed by atoms with Gasteiger partial charge in [-0.05, 0) is 26.0 Å². The minimum atomic E-state index is -1.09. The lowest BCUT2D eigenvalue weighted by Crippen LogP contribution is -2.52. The van der Waals surface area contributed by atoms with Crippen molar-refractivity contribution in [2.45, 2.75) is 26.1 Å². The summed E-state index contributed by atoms with van der Waals surface area (Å²) in [5.41, 5.74) is 1.58. The Hall–Kier alpha value is -3.33. The lowest BCUT2D eigenvalue weighted by molar-refractivity contribution is -0.160. The second-order valence-corrected chi connectivity index (χ2v) is 6.79. The van der Waals surface area contributed by atoms with Crippen LogP contribution in [0.2, 0.25) is 0 Å². The number of carbonyl (C=O) groups is 2. The van der Waals surface area contributed by atoms with Gasteiger partial charge in [-0.25, -0.2) is 9.48 Å². The molecule has 1 amide bonds. The van der Waals surface area contributed by atoms with Crippen LogP contribution in [0.5, 0.6) is 0 Å². The third-order valence-electron chi connectivity index (χ3n) is 4.81. The van der Waals surface area contributed by atoms with Crippen molar-refractivity contribution in [2.75, 3.05) is 13.1 Å². The zero-order valence-corrected chi connectivity index (χ0v) is 15.4. The number of aliphatic carboxylic acids is 1. The van der Waals surface area contributed by atoms with Crippen molar-refractivity contribution in [3.05, 3.63) is 48.0 Å². The summed E-state index contributed by atoms with van der Waals surface area (Å²) in [5.74, 6) is -1.44. The van der Waals surface area contributed by atoms with Crippen LogP contribution in [0, 0.1) is 6.92 Å². The van der Waals surface area contributed by atoms with E-state index in [9.17, 15) is 14.7 Å². The lowest BCUT2D eigenvalue weighted by Gasteiger charge is -2.34. The smallest absolute Gasteiger partial charge is 0.334 e. The number of morpholine rings is 1. The van der Waals surface area contributed by atoms with Gasteiger partial charge in [0.1, 0.15) is 0 Å². The van der Waals surface area contributed by atoms with Gasteiger partial charge in [0.2, 0.25) is 0 Å². The first-order valence-corrected chi connectivity index (χ1v) is 8.88. The third kappa shape index (κ3) is 3.09. The van der Waals surface area contributed by atoms with Crippen LogP contribution in [0.4, 0.5) is 0 Å². The number of carbonyl (C=O) groups excluding carboxylic acids is 1. The highest BCUT2D eigenvalue weighted by molar-refractivity contribution is 5.94.